The molecule has 8 atom stereocenters. The first-order valence-electron chi connectivity index (χ1n) is 9.65. The largest absolute Gasteiger partial charge is 0.392 e. The van der Waals surface area contributed by atoms with Crippen LogP contribution in [-0.4, -0.2) is 11.2 Å². The Hall–Kier alpha value is -0.0400. The van der Waals surface area contributed by atoms with E-state index in [1.165, 1.54) is 57.8 Å². The Balaban J connectivity index is 1.65. The lowest BCUT2D eigenvalue weighted by Gasteiger charge is -2.60. The summed E-state index contributed by atoms with van der Waals surface area (Å²) in [6.07, 6.45) is 12.8. The number of hydrogen-bond donors (Lipinski definition) is 1. The number of fused-ring (bicyclic) bond motifs is 5. The van der Waals surface area contributed by atoms with Crippen molar-refractivity contribution in [2.75, 3.05) is 0 Å². The van der Waals surface area contributed by atoms with Crippen molar-refractivity contribution in [3.05, 3.63) is 0 Å². The fraction of sp³-hybridized carbons (Fsp3) is 1.00. The third kappa shape index (κ3) is 1.85. The molecular formula is C20H34O. The third-order valence-electron chi connectivity index (χ3n) is 8.86. The standard InChI is InChI=1S/C20H34O/c1-13-12-17-15-8-7-14-6-4-5-10-19(14,2)16(15)9-11-20(17,3)18(13)21/h13-18,21H,4-12H2,1-3H3/t13-,14-,15-,16+,17+,18-,19+,20+/m1/s1. The van der Waals surface area contributed by atoms with Gasteiger partial charge in [0.05, 0.1) is 6.10 Å². The Bertz CT molecular complexity index is 418. The van der Waals surface area contributed by atoms with E-state index >= 15 is 0 Å². The zero-order valence-electron chi connectivity index (χ0n) is 14.3. The number of rotatable bonds is 0. The van der Waals surface area contributed by atoms with E-state index in [-0.39, 0.29) is 11.5 Å². The van der Waals surface area contributed by atoms with Crippen LogP contribution in [0.2, 0.25) is 0 Å². The summed E-state index contributed by atoms with van der Waals surface area (Å²) in [6, 6.07) is 0. The predicted molar refractivity (Wildman–Crippen MR) is 86.9 cm³/mol. The number of hydrogen-bond acceptors (Lipinski definition) is 1. The van der Waals surface area contributed by atoms with Crippen LogP contribution in [0.4, 0.5) is 0 Å². The molecule has 0 radical (unpaired) electrons. The van der Waals surface area contributed by atoms with Crippen LogP contribution in [0.1, 0.15) is 78.6 Å². The molecular weight excluding hydrogens is 256 g/mol. The lowest BCUT2D eigenvalue weighted by atomic mass is 9.45. The first-order chi connectivity index (χ1) is 9.97. The summed E-state index contributed by atoms with van der Waals surface area (Å²) in [5, 5.41) is 10.7. The molecule has 0 aromatic carbocycles. The van der Waals surface area contributed by atoms with Gasteiger partial charge in [-0.05, 0) is 85.4 Å². The maximum Gasteiger partial charge on any atom is 0.0622 e. The maximum absolute atomic E-state index is 10.7. The van der Waals surface area contributed by atoms with Gasteiger partial charge < -0.3 is 5.11 Å². The summed E-state index contributed by atoms with van der Waals surface area (Å²) in [5.41, 5.74) is 0.873. The molecule has 4 saturated carbocycles. The van der Waals surface area contributed by atoms with Gasteiger partial charge in [-0.15, -0.1) is 0 Å². The highest BCUT2D eigenvalue weighted by Gasteiger charge is 2.60. The second-order valence-corrected chi connectivity index (χ2v) is 9.61. The predicted octanol–water partition coefficient (Wildman–Crippen LogP) is 5.03. The van der Waals surface area contributed by atoms with Crippen molar-refractivity contribution in [2.45, 2.75) is 84.7 Å². The monoisotopic (exact) mass is 290 g/mol. The number of aliphatic hydroxyl groups is 1. The molecule has 0 amide bonds. The summed E-state index contributed by atoms with van der Waals surface area (Å²) in [6.45, 7) is 7.35. The van der Waals surface area contributed by atoms with Crippen LogP contribution in [0.15, 0.2) is 0 Å². The molecule has 0 saturated heterocycles. The molecule has 0 unspecified atom stereocenters. The molecule has 0 heterocycles. The summed E-state index contributed by atoms with van der Waals surface area (Å²) in [7, 11) is 0. The van der Waals surface area contributed by atoms with Crippen molar-refractivity contribution in [1.82, 2.24) is 0 Å². The van der Waals surface area contributed by atoms with Crippen LogP contribution in [0.3, 0.4) is 0 Å². The molecule has 0 aliphatic heterocycles. The molecule has 0 spiro atoms. The van der Waals surface area contributed by atoms with Crippen LogP contribution in [0.5, 0.6) is 0 Å². The van der Waals surface area contributed by atoms with Gasteiger partial charge in [0.15, 0.2) is 0 Å². The van der Waals surface area contributed by atoms with E-state index in [4.69, 9.17) is 0 Å². The zero-order chi connectivity index (χ0) is 14.8. The van der Waals surface area contributed by atoms with Crippen LogP contribution >= 0.6 is 0 Å². The normalized spacial score (nSPS) is 60.0. The molecule has 4 fully saturated rings. The summed E-state index contributed by atoms with van der Waals surface area (Å²) in [5.74, 6) is 4.23. The van der Waals surface area contributed by atoms with Gasteiger partial charge in [-0.2, -0.15) is 0 Å². The number of aliphatic hydroxyl groups excluding tert-OH is 1. The van der Waals surface area contributed by atoms with E-state index in [1.807, 2.05) is 0 Å². The van der Waals surface area contributed by atoms with E-state index in [0.717, 1.165) is 23.7 Å². The molecule has 120 valence electrons. The van der Waals surface area contributed by atoms with Crippen LogP contribution in [0, 0.1) is 40.4 Å². The minimum absolute atomic E-state index is 0.0414. The van der Waals surface area contributed by atoms with Gasteiger partial charge in [-0.3, -0.25) is 0 Å². The minimum Gasteiger partial charge on any atom is -0.392 e. The van der Waals surface area contributed by atoms with Crippen molar-refractivity contribution in [1.29, 1.82) is 0 Å². The average Bonchev–Trinajstić information content (AvgIpc) is 2.70. The molecule has 4 aliphatic rings. The molecule has 1 heteroatoms. The molecule has 0 aromatic heterocycles. The van der Waals surface area contributed by atoms with Gasteiger partial charge in [0.2, 0.25) is 0 Å². The molecule has 1 N–H and O–H groups in total. The molecule has 0 aromatic rings. The maximum atomic E-state index is 10.7. The Labute approximate surface area is 130 Å². The molecule has 4 rings (SSSR count). The topological polar surface area (TPSA) is 20.2 Å². The fourth-order valence-corrected chi connectivity index (χ4v) is 7.63. The van der Waals surface area contributed by atoms with Crippen LogP contribution < -0.4 is 0 Å². The lowest BCUT2D eigenvalue weighted by molar-refractivity contribution is -0.121. The molecule has 21 heavy (non-hydrogen) atoms. The van der Waals surface area contributed by atoms with Crippen molar-refractivity contribution in [2.24, 2.45) is 40.4 Å². The Kier molecular flexibility index (Phi) is 3.27. The molecule has 0 bridgehead atoms. The van der Waals surface area contributed by atoms with Crippen molar-refractivity contribution in [3.63, 3.8) is 0 Å². The third-order valence-corrected chi connectivity index (χ3v) is 8.86. The second kappa shape index (κ2) is 4.73. The highest BCUT2D eigenvalue weighted by Crippen LogP contribution is 2.66. The Morgan fingerprint density at radius 2 is 1.67 bits per heavy atom. The van der Waals surface area contributed by atoms with Crippen molar-refractivity contribution in [3.8, 4) is 0 Å². The van der Waals surface area contributed by atoms with Crippen LogP contribution in [-0.2, 0) is 0 Å². The fourth-order valence-electron chi connectivity index (χ4n) is 7.63. The quantitative estimate of drug-likeness (QED) is 0.663. The van der Waals surface area contributed by atoms with E-state index in [9.17, 15) is 5.11 Å². The van der Waals surface area contributed by atoms with Gasteiger partial charge in [0.1, 0.15) is 0 Å². The van der Waals surface area contributed by atoms with Gasteiger partial charge in [0.25, 0.3) is 0 Å². The van der Waals surface area contributed by atoms with E-state index < -0.39 is 0 Å². The SMILES string of the molecule is C[C@@H]1C[C@H]2[C@@H]3CC[C@H]4CCCC[C@]4(C)[C@H]3CC[C@]2(C)[C@@H]1O. The van der Waals surface area contributed by atoms with Gasteiger partial charge in [-0.25, -0.2) is 0 Å². The highest BCUT2D eigenvalue weighted by atomic mass is 16.3. The Morgan fingerprint density at radius 3 is 2.48 bits per heavy atom. The van der Waals surface area contributed by atoms with Gasteiger partial charge in [0, 0.05) is 0 Å². The first-order valence-corrected chi connectivity index (χ1v) is 9.65. The molecule has 4 aliphatic carbocycles. The second-order valence-electron chi connectivity index (χ2n) is 9.61. The smallest absolute Gasteiger partial charge is 0.0622 e. The highest BCUT2D eigenvalue weighted by molar-refractivity contribution is 5.10. The van der Waals surface area contributed by atoms with Crippen molar-refractivity contribution >= 4 is 0 Å². The summed E-state index contributed by atoms with van der Waals surface area (Å²) < 4.78 is 0. The van der Waals surface area contributed by atoms with E-state index in [0.29, 0.717) is 11.3 Å². The molecule has 1 nitrogen and oxygen atoms in total. The van der Waals surface area contributed by atoms with E-state index in [1.54, 1.807) is 0 Å². The summed E-state index contributed by atoms with van der Waals surface area (Å²) >= 11 is 0. The summed E-state index contributed by atoms with van der Waals surface area (Å²) in [4.78, 5) is 0. The van der Waals surface area contributed by atoms with Gasteiger partial charge >= 0.3 is 0 Å². The average molecular weight is 290 g/mol. The lowest BCUT2D eigenvalue weighted by Crippen LogP contribution is -2.53. The minimum atomic E-state index is -0.0414. The van der Waals surface area contributed by atoms with Gasteiger partial charge in [-0.1, -0.05) is 33.6 Å². The zero-order valence-corrected chi connectivity index (χ0v) is 14.3. The van der Waals surface area contributed by atoms with E-state index in [2.05, 4.69) is 20.8 Å². The first kappa shape index (κ1) is 14.5. The van der Waals surface area contributed by atoms with Crippen LogP contribution in [0.25, 0.3) is 0 Å². The van der Waals surface area contributed by atoms with Crippen molar-refractivity contribution < 1.29 is 5.11 Å². The Morgan fingerprint density at radius 1 is 0.857 bits per heavy atom.